The number of carbonyl (C=O) groups is 1. The molecule has 1 heterocycles. The number of carbonyl (C=O) groups excluding carboxylic acids is 1. The maximum absolute atomic E-state index is 13.2. The molecule has 4 aromatic rings. The highest BCUT2D eigenvalue weighted by Crippen LogP contribution is 2.37. The van der Waals surface area contributed by atoms with Gasteiger partial charge in [0.05, 0.1) is 10.6 Å². The number of rotatable bonds is 4. The molecular weight excluding hydrogens is 388 g/mol. The minimum Gasteiger partial charge on any atom is -0.338 e. The van der Waals surface area contributed by atoms with E-state index in [1.165, 1.54) is 5.56 Å². The van der Waals surface area contributed by atoms with Crippen molar-refractivity contribution in [3.05, 3.63) is 88.9 Å². The van der Waals surface area contributed by atoms with E-state index in [2.05, 4.69) is 35.0 Å². The predicted molar refractivity (Wildman–Crippen MR) is 118 cm³/mol. The Morgan fingerprint density at radius 3 is 2.50 bits per heavy atom. The lowest BCUT2D eigenvalue weighted by atomic mass is 10.1. The standard InChI is InChI=1S/C23H19ClN2OS/c1-15-6-5-7-18(14-15)28-23-21(19-8-3-4-9-20(19)26(23)2)22(27)25-17-12-10-16(24)11-13-17/h3-14H,1-2H3,(H,25,27). The lowest BCUT2D eigenvalue weighted by Crippen LogP contribution is -2.12. The van der Waals surface area contributed by atoms with Crippen LogP contribution in [0.3, 0.4) is 0 Å². The van der Waals surface area contributed by atoms with Crippen LogP contribution in [0, 0.1) is 6.92 Å². The van der Waals surface area contributed by atoms with E-state index in [4.69, 9.17) is 11.6 Å². The molecule has 0 atom stereocenters. The number of aromatic nitrogens is 1. The predicted octanol–water partition coefficient (Wildman–Crippen LogP) is 6.54. The fourth-order valence-electron chi connectivity index (χ4n) is 3.23. The van der Waals surface area contributed by atoms with Crippen molar-refractivity contribution in [2.75, 3.05) is 5.32 Å². The fourth-order valence-corrected chi connectivity index (χ4v) is 4.51. The van der Waals surface area contributed by atoms with Crippen LogP contribution in [0.15, 0.2) is 82.7 Å². The molecule has 1 aromatic heterocycles. The molecule has 1 N–H and O–H groups in total. The van der Waals surface area contributed by atoms with E-state index in [0.29, 0.717) is 16.3 Å². The van der Waals surface area contributed by atoms with Crippen LogP contribution >= 0.6 is 23.4 Å². The summed E-state index contributed by atoms with van der Waals surface area (Å²) >= 11 is 7.56. The maximum atomic E-state index is 13.2. The molecule has 140 valence electrons. The van der Waals surface area contributed by atoms with Crippen molar-refractivity contribution in [2.45, 2.75) is 16.8 Å². The molecular formula is C23H19ClN2OS. The molecule has 0 aliphatic carbocycles. The van der Waals surface area contributed by atoms with E-state index in [-0.39, 0.29) is 5.91 Å². The molecule has 0 fully saturated rings. The van der Waals surface area contributed by atoms with E-state index in [0.717, 1.165) is 20.8 Å². The summed E-state index contributed by atoms with van der Waals surface area (Å²) in [5.74, 6) is -0.130. The summed E-state index contributed by atoms with van der Waals surface area (Å²) in [6, 6.07) is 23.4. The Morgan fingerprint density at radius 2 is 1.75 bits per heavy atom. The fraction of sp³-hybridized carbons (Fsp3) is 0.0870. The zero-order chi connectivity index (χ0) is 19.7. The number of hydrogen-bond acceptors (Lipinski definition) is 2. The van der Waals surface area contributed by atoms with E-state index in [1.54, 1.807) is 36.0 Å². The van der Waals surface area contributed by atoms with Gasteiger partial charge in [0.1, 0.15) is 0 Å². The van der Waals surface area contributed by atoms with Crippen LogP contribution in [0.1, 0.15) is 15.9 Å². The third-order valence-corrected chi connectivity index (χ3v) is 6.00. The number of anilines is 1. The quantitative estimate of drug-likeness (QED) is 0.417. The van der Waals surface area contributed by atoms with Crippen LogP contribution in [0.4, 0.5) is 5.69 Å². The first-order chi connectivity index (χ1) is 13.5. The van der Waals surface area contributed by atoms with Crippen molar-refractivity contribution >= 4 is 45.9 Å². The third kappa shape index (κ3) is 3.66. The Hall–Kier alpha value is -2.69. The number of aryl methyl sites for hydroxylation is 2. The van der Waals surface area contributed by atoms with Gasteiger partial charge in [0.2, 0.25) is 0 Å². The SMILES string of the molecule is Cc1cccc(Sc2c(C(=O)Nc3ccc(Cl)cc3)c3ccccc3n2C)c1. The van der Waals surface area contributed by atoms with Crippen molar-refractivity contribution in [3.8, 4) is 0 Å². The molecule has 0 aliphatic rings. The normalized spacial score (nSPS) is 11.0. The zero-order valence-corrected chi connectivity index (χ0v) is 17.1. The van der Waals surface area contributed by atoms with Gasteiger partial charge in [-0.3, -0.25) is 4.79 Å². The minimum absolute atomic E-state index is 0.130. The van der Waals surface area contributed by atoms with Crippen molar-refractivity contribution in [3.63, 3.8) is 0 Å². The second-order valence-corrected chi connectivity index (χ2v) is 8.13. The molecule has 0 radical (unpaired) electrons. The van der Waals surface area contributed by atoms with Gasteiger partial charge in [0.25, 0.3) is 5.91 Å². The van der Waals surface area contributed by atoms with Crippen molar-refractivity contribution in [1.29, 1.82) is 0 Å². The second kappa shape index (κ2) is 7.74. The van der Waals surface area contributed by atoms with Crippen molar-refractivity contribution in [2.24, 2.45) is 7.05 Å². The number of fused-ring (bicyclic) bond motifs is 1. The number of hydrogen-bond donors (Lipinski definition) is 1. The van der Waals surface area contributed by atoms with Crippen molar-refractivity contribution in [1.82, 2.24) is 4.57 Å². The molecule has 0 bridgehead atoms. The molecule has 4 rings (SSSR count). The van der Waals surface area contributed by atoms with Gasteiger partial charge >= 0.3 is 0 Å². The van der Waals surface area contributed by atoms with Crippen LogP contribution in [0.25, 0.3) is 10.9 Å². The summed E-state index contributed by atoms with van der Waals surface area (Å²) in [4.78, 5) is 14.3. The van der Waals surface area contributed by atoms with Crippen LogP contribution in [-0.4, -0.2) is 10.5 Å². The molecule has 0 aliphatic heterocycles. The molecule has 5 heteroatoms. The molecule has 3 aromatic carbocycles. The average Bonchev–Trinajstić information content (AvgIpc) is 2.96. The Kier molecular flexibility index (Phi) is 5.16. The number of amides is 1. The summed E-state index contributed by atoms with van der Waals surface area (Å²) in [5.41, 5.74) is 3.61. The van der Waals surface area contributed by atoms with Crippen molar-refractivity contribution < 1.29 is 4.79 Å². The van der Waals surface area contributed by atoms with E-state index < -0.39 is 0 Å². The topological polar surface area (TPSA) is 34.0 Å². The van der Waals surface area contributed by atoms with Crippen LogP contribution in [0.2, 0.25) is 5.02 Å². The van der Waals surface area contributed by atoms with Gasteiger partial charge in [-0.1, -0.05) is 59.3 Å². The van der Waals surface area contributed by atoms with Gasteiger partial charge in [-0.25, -0.2) is 0 Å². The molecule has 0 saturated heterocycles. The number of benzene rings is 3. The zero-order valence-electron chi connectivity index (χ0n) is 15.6. The van der Waals surface area contributed by atoms with E-state index in [9.17, 15) is 4.79 Å². The van der Waals surface area contributed by atoms with Gasteiger partial charge in [0.15, 0.2) is 0 Å². The summed E-state index contributed by atoms with van der Waals surface area (Å²) < 4.78 is 2.08. The molecule has 3 nitrogen and oxygen atoms in total. The Labute approximate surface area is 173 Å². The summed E-state index contributed by atoms with van der Waals surface area (Å²) in [6.45, 7) is 2.07. The first-order valence-corrected chi connectivity index (χ1v) is 10.1. The first kappa shape index (κ1) is 18.7. The van der Waals surface area contributed by atoms with Gasteiger partial charge in [-0.15, -0.1) is 0 Å². The van der Waals surface area contributed by atoms with Gasteiger partial charge < -0.3 is 9.88 Å². The molecule has 0 spiro atoms. The molecule has 0 saturated carbocycles. The van der Waals surface area contributed by atoms with E-state index in [1.807, 2.05) is 37.4 Å². The number of nitrogens with zero attached hydrogens (tertiary/aromatic N) is 1. The lowest BCUT2D eigenvalue weighted by Gasteiger charge is -2.09. The monoisotopic (exact) mass is 406 g/mol. The highest BCUT2D eigenvalue weighted by Gasteiger charge is 2.22. The maximum Gasteiger partial charge on any atom is 0.259 e. The Morgan fingerprint density at radius 1 is 1.00 bits per heavy atom. The lowest BCUT2D eigenvalue weighted by molar-refractivity contribution is 0.102. The smallest absolute Gasteiger partial charge is 0.259 e. The summed E-state index contributed by atoms with van der Waals surface area (Å²) in [7, 11) is 2.00. The first-order valence-electron chi connectivity index (χ1n) is 8.92. The number of para-hydroxylation sites is 1. The molecule has 0 unspecified atom stereocenters. The van der Waals surface area contributed by atoms with Gasteiger partial charge in [-0.05, 0) is 49.4 Å². The van der Waals surface area contributed by atoms with E-state index >= 15 is 0 Å². The average molecular weight is 407 g/mol. The molecule has 1 amide bonds. The Bertz CT molecular complexity index is 1170. The minimum atomic E-state index is -0.130. The second-order valence-electron chi connectivity index (χ2n) is 6.64. The molecule has 28 heavy (non-hydrogen) atoms. The third-order valence-electron chi connectivity index (χ3n) is 4.59. The number of halogens is 1. The van der Waals surface area contributed by atoms with Crippen LogP contribution in [-0.2, 0) is 7.05 Å². The number of nitrogens with one attached hydrogen (secondary N) is 1. The highest BCUT2D eigenvalue weighted by atomic mass is 35.5. The summed E-state index contributed by atoms with van der Waals surface area (Å²) in [6.07, 6.45) is 0. The van der Waals surface area contributed by atoms with Crippen LogP contribution < -0.4 is 5.32 Å². The van der Waals surface area contributed by atoms with Gasteiger partial charge in [-0.2, -0.15) is 0 Å². The highest BCUT2D eigenvalue weighted by molar-refractivity contribution is 7.99. The van der Waals surface area contributed by atoms with Gasteiger partial charge in [0, 0.05) is 33.6 Å². The largest absolute Gasteiger partial charge is 0.338 e. The van der Waals surface area contributed by atoms with Crippen LogP contribution in [0.5, 0.6) is 0 Å². The summed E-state index contributed by atoms with van der Waals surface area (Å²) in [5, 5.41) is 5.49. The Balaban J connectivity index is 1.79.